The molecule has 0 fully saturated rings. The number of allylic oxidation sites excluding steroid dienone is 1. The average molecular weight is 507 g/mol. The molecule has 0 N–H and O–H groups in total. The van der Waals surface area contributed by atoms with Gasteiger partial charge in [-0.25, -0.2) is 9.79 Å². The third-order valence-corrected chi connectivity index (χ3v) is 6.65. The van der Waals surface area contributed by atoms with E-state index in [-0.39, 0.29) is 24.5 Å². The number of hydrogen-bond donors (Lipinski definition) is 0. The standard InChI is InChI=1S/C26H22N2O7S/c1-4-32-25(31)22-14(2)27-26-28(23(22)17-6-8-18(9-7-17)35-15(3)29)24(30)21(36-26)12-16-5-10-19-20(11-16)34-13-33-19/h5-12,23H,4,13H2,1-3H3/b21-12+. The maximum Gasteiger partial charge on any atom is 0.338 e. The van der Waals surface area contributed by atoms with Crippen LogP contribution in [-0.4, -0.2) is 29.9 Å². The number of esters is 2. The molecule has 0 radical (unpaired) electrons. The second kappa shape index (κ2) is 9.46. The fourth-order valence-corrected chi connectivity index (χ4v) is 5.19. The van der Waals surface area contributed by atoms with Crippen molar-refractivity contribution in [3.05, 3.63) is 84.5 Å². The van der Waals surface area contributed by atoms with E-state index in [1.807, 2.05) is 6.07 Å². The summed E-state index contributed by atoms with van der Waals surface area (Å²) in [7, 11) is 0. The fourth-order valence-electron chi connectivity index (χ4n) is 4.15. The van der Waals surface area contributed by atoms with E-state index < -0.39 is 18.0 Å². The molecule has 36 heavy (non-hydrogen) atoms. The number of hydrogen-bond acceptors (Lipinski definition) is 9. The summed E-state index contributed by atoms with van der Waals surface area (Å²) >= 11 is 1.23. The van der Waals surface area contributed by atoms with E-state index in [0.717, 1.165) is 5.56 Å². The van der Waals surface area contributed by atoms with Crippen molar-refractivity contribution in [1.29, 1.82) is 0 Å². The Bertz CT molecular complexity index is 1580. The monoisotopic (exact) mass is 506 g/mol. The minimum Gasteiger partial charge on any atom is -0.463 e. The first kappa shape index (κ1) is 23.6. The van der Waals surface area contributed by atoms with Crippen molar-refractivity contribution in [2.45, 2.75) is 26.8 Å². The van der Waals surface area contributed by atoms with Crippen molar-refractivity contribution >= 4 is 29.4 Å². The number of benzene rings is 2. The Hall–Kier alpha value is -4.18. The van der Waals surface area contributed by atoms with Crippen molar-refractivity contribution in [2.24, 2.45) is 4.99 Å². The van der Waals surface area contributed by atoms with E-state index in [1.165, 1.54) is 22.8 Å². The third-order valence-electron chi connectivity index (χ3n) is 5.67. The molecule has 3 aromatic rings. The van der Waals surface area contributed by atoms with Crippen LogP contribution < -0.4 is 29.1 Å². The summed E-state index contributed by atoms with van der Waals surface area (Å²) in [6.45, 7) is 5.10. The smallest absolute Gasteiger partial charge is 0.338 e. The highest BCUT2D eigenvalue weighted by Gasteiger charge is 2.33. The molecule has 1 atom stereocenters. The zero-order valence-electron chi connectivity index (χ0n) is 19.8. The zero-order chi connectivity index (χ0) is 25.4. The second-order valence-corrected chi connectivity index (χ2v) is 9.09. The lowest BCUT2D eigenvalue weighted by atomic mass is 9.96. The van der Waals surface area contributed by atoms with Crippen LogP contribution in [0.2, 0.25) is 0 Å². The van der Waals surface area contributed by atoms with Gasteiger partial charge >= 0.3 is 11.9 Å². The normalized spacial score (nSPS) is 16.4. The number of fused-ring (bicyclic) bond motifs is 2. The Morgan fingerprint density at radius 2 is 1.92 bits per heavy atom. The number of ether oxygens (including phenoxy) is 4. The van der Waals surface area contributed by atoms with Crippen LogP contribution in [0.15, 0.2) is 63.5 Å². The van der Waals surface area contributed by atoms with E-state index >= 15 is 0 Å². The van der Waals surface area contributed by atoms with Gasteiger partial charge in [0, 0.05) is 6.92 Å². The first-order valence-corrected chi connectivity index (χ1v) is 12.0. The molecule has 0 aliphatic carbocycles. The van der Waals surface area contributed by atoms with Crippen molar-refractivity contribution in [3.63, 3.8) is 0 Å². The highest BCUT2D eigenvalue weighted by molar-refractivity contribution is 7.07. The molecule has 2 aliphatic rings. The lowest BCUT2D eigenvalue weighted by Crippen LogP contribution is -2.39. The minimum atomic E-state index is -0.759. The van der Waals surface area contributed by atoms with Crippen LogP contribution >= 0.6 is 11.3 Å². The second-order valence-electron chi connectivity index (χ2n) is 8.08. The summed E-state index contributed by atoms with van der Waals surface area (Å²) in [6.07, 6.45) is 1.76. The van der Waals surface area contributed by atoms with Gasteiger partial charge in [-0.1, -0.05) is 29.5 Å². The largest absolute Gasteiger partial charge is 0.463 e. The molecule has 9 nitrogen and oxygen atoms in total. The van der Waals surface area contributed by atoms with E-state index in [9.17, 15) is 14.4 Å². The fraction of sp³-hybridized carbons (Fsp3) is 0.231. The van der Waals surface area contributed by atoms with Crippen LogP contribution in [0.1, 0.15) is 37.9 Å². The summed E-state index contributed by atoms with van der Waals surface area (Å²) in [6, 6.07) is 11.4. The maximum atomic E-state index is 13.7. The molecule has 3 heterocycles. The molecular formula is C26H22N2O7S. The molecule has 1 unspecified atom stereocenters. The van der Waals surface area contributed by atoms with E-state index in [1.54, 1.807) is 56.3 Å². The SMILES string of the molecule is CCOC(=O)C1=C(C)N=c2s/c(=C/c3ccc4c(c3)OCO4)c(=O)n2C1c1ccc(OC(C)=O)cc1. The highest BCUT2D eigenvalue weighted by atomic mass is 32.1. The zero-order valence-corrected chi connectivity index (χ0v) is 20.6. The van der Waals surface area contributed by atoms with Gasteiger partial charge in [0.1, 0.15) is 5.75 Å². The third kappa shape index (κ3) is 4.31. The summed E-state index contributed by atoms with van der Waals surface area (Å²) in [4.78, 5) is 43.0. The average Bonchev–Trinajstić information content (AvgIpc) is 3.42. The van der Waals surface area contributed by atoms with E-state index in [2.05, 4.69) is 4.99 Å². The Labute approximate surface area is 209 Å². The van der Waals surface area contributed by atoms with E-state index in [4.69, 9.17) is 18.9 Å². The number of carbonyl (C=O) groups is 2. The first-order chi connectivity index (χ1) is 17.4. The first-order valence-electron chi connectivity index (χ1n) is 11.2. The molecule has 1 aromatic heterocycles. The maximum absolute atomic E-state index is 13.7. The number of nitrogens with zero attached hydrogens (tertiary/aromatic N) is 2. The van der Waals surface area contributed by atoms with Gasteiger partial charge in [-0.05, 0) is 55.3 Å². The van der Waals surface area contributed by atoms with Crippen molar-refractivity contribution in [1.82, 2.24) is 4.57 Å². The number of aromatic nitrogens is 1. The summed E-state index contributed by atoms with van der Waals surface area (Å²) in [5, 5.41) is 0. The van der Waals surface area contributed by atoms with Gasteiger partial charge in [-0.3, -0.25) is 14.2 Å². The molecule has 0 amide bonds. The van der Waals surface area contributed by atoms with Gasteiger partial charge in [-0.15, -0.1) is 0 Å². The van der Waals surface area contributed by atoms with Gasteiger partial charge < -0.3 is 18.9 Å². The summed E-state index contributed by atoms with van der Waals surface area (Å²) in [5.74, 6) is 0.642. The molecule has 0 bridgehead atoms. The van der Waals surface area contributed by atoms with Crippen molar-refractivity contribution < 1.29 is 28.5 Å². The van der Waals surface area contributed by atoms with Gasteiger partial charge in [0.25, 0.3) is 5.56 Å². The lowest BCUT2D eigenvalue weighted by molar-refractivity contribution is -0.139. The van der Waals surface area contributed by atoms with Gasteiger partial charge in [0.15, 0.2) is 16.3 Å². The Morgan fingerprint density at radius 1 is 1.17 bits per heavy atom. The van der Waals surface area contributed by atoms with Crippen LogP contribution in [-0.2, 0) is 14.3 Å². The van der Waals surface area contributed by atoms with Gasteiger partial charge in [0.2, 0.25) is 6.79 Å². The topological polar surface area (TPSA) is 105 Å². The number of thiazole rings is 1. The van der Waals surface area contributed by atoms with Crippen LogP contribution in [0.3, 0.4) is 0 Å². The van der Waals surface area contributed by atoms with Crippen LogP contribution in [0, 0.1) is 0 Å². The molecule has 0 spiro atoms. The molecule has 2 aliphatic heterocycles. The minimum absolute atomic E-state index is 0.160. The molecule has 10 heteroatoms. The summed E-state index contributed by atoms with van der Waals surface area (Å²) < 4.78 is 23.2. The number of rotatable bonds is 5. The van der Waals surface area contributed by atoms with E-state index in [0.29, 0.717) is 37.8 Å². The predicted molar refractivity (Wildman–Crippen MR) is 131 cm³/mol. The molecule has 184 valence electrons. The van der Waals surface area contributed by atoms with Crippen LogP contribution in [0.4, 0.5) is 0 Å². The van der Waals surface area contributed by atoms with Crippen LogP contribution in [0.5, 0.6) is 17.2 Å². The molecule has 5 rings (SSSR count). The number of carbonyl (C=O) groups excluding carboxylic acids is 2. The quantitative estimate of drug-likeness (QED) is 0.387. The van der Waals surface area contributed by atoms with Gasteiger partial charge in [-0.2, -0.15) is 0 Å². The molecule has 0 saturated carbocycles. The lowest BCUT2D eigenvalue weighted by Gasteiger charge is -2.24. The predicted octanol–water partition coefficient (Wildman–Crippen LogP) is 2.45. The Balaban J connectivity index is 1.65. The van der Waals surface area contributed by atoms with Crippen molar-refractivity contribution in [3.8, 4) is 17.2 Å². The van der Waals surface area contributed by atoms with Crippen molar-refractivity contribution in [2.75, 3.05) is 13.4 Å². The van der Waals surface area contributed by atoms with Crippen LogP contribution in [0.25, 0.3) is 6.08 Å². The Kier molecular flexibility index (Phi) is 6.19. The molecular weight excluding hydrogens is 484 g/mol. The van der Waals surface area contributed by atoms with Gasteiger partial charge in [0.05, 0.1) is 28.5 Å². The Morgan fingerprint density at radius 3 is 2.64 bits per heavy atom. The summed E-state index contributed by atoms with van der Waals surface area (Å²) in [5.41, 5.74) is 1.88. The highest BCUT2D eigenvalue weighted by Crippen LogP contribution is 2.33. The molecule has 0 saturated heterocycles. The molecule has 2 aromatic carbocycles.